The van der Waals surface area contributed by atoms with Gasteiger partial charge in [-0.3, -0.25) is 4.79 Å². The Bertz CT molecular complexity index is 437. The molecule has 0 unspecified atom stereocenters. The van der Waals surface area contributed by atoms with Crippen molar-refractivity contribution < 1.29 is 14.7 Å². The number of oxime groups is 1. The molecule has 15 heavy (non-hydrogen) atoms. The van der Waals surface area contributed by atoms with Crippen molar-refractivity contribution in [2.45, 2.75) is 13.3 Å². The van der Waals surface area contributed by atoms with Gasteiger partial charge in [0.25, 0.3) is 0 Å². The zero-order valence-corrected chi connectivity index (χ0v) is 8.36. The second-order valence-electron chi connectivity index (χ2n) is 3.30. The summed E-state index contributed by atoms with van der Waals surface area (Å²) in [6, 6.07) is 5.34. The molecule has 0 saturated heterocycles. The summed E-state index contributed by atoms with van der Waals surface area (Å²) in [5.41, 5.74) is 1.66. The molecule has 4 heteroatoms. The van der Waals surface area contributed by atoms with Crippen LogP contribution in [0.4, 0.5) is 0 Å². The number of fused-ring (bicyclic) bond motifs is 1. The van der Waals surface area contributed by atoms with Crippen molar-refractivity contribution in [1.82, 2.24) is 0 Å². The van der Waals surface area contributed by atoms with E-state index in [1.807, 2.05) is 19.1 Å². The molecule has 2 rings (SSSR count). The molecule has 0 bridgehead atoms. The highest BCUT2D eigenvalue weighted by Crippen LogP contribution is 2.25. The average Bonchev–Trinajstić information content (AvgIpc) is 2.56. The number of hydrogen-bond donors (Lipinski definition) is 1. The van der Waals surface area contributed by atoms with Crippen LogP contribution in [0.15, 0.2) is 23.4 Å². The lowest BCUT2D eigenvalue weighted by Gasteiger charge is -2.03. The van der Waals surface area contributed by atoms with Crippen LogP contribution in [0.5, 0.6) is 5.75 Å². The van der Waals surface area contributed by atoms with Gasteiger partial charge >= 0.3 is 0 Å². The van der Waals surface area contributed by atoms with Crippen LogP contribution in [-0.2, 0) is 6.42 Å². The van der Waals surface area contributed by atoms with Crippen LogP contribution < -0.4 is 4.74 Å². The van der Waals surface area contributed by atoms with E-state index in [4.69, 9.17) is 9.94 Å². The summed E-state index contributed by atoms with van der Waals surface area (Å²) in [7, 11) is 0. The summed E-state index contributed by atoms with van der Waals surface area (Å²) in [6.45, 7) is 2.45. The topological polar surface area (TPSA) is 58.9 Å². The fourth-order valence-corrected chi connectivity index (χ4v) is 1.67. The predicted octanol–water partition coefficient (Wildman–Crippen LogP) is 1.65. The minimum absolute atomic E-state index is 0.193. The molecule has 1 aromatic carbocycles. The van der Waals surface area contributed by atoms with Gasteiger partial charge in [-0.05, 0) is 24.6 Å². The summed E-state index contributed by atoms with van der Waals surface area (Å²) in [5, 5.41) is 11.6. The summed E-state index contributed by atoms with van der Waals surface area (Å²) >= 11 is 0. The van der Waals surface area contributed by atoms with Gasteiger partial charge in [-0.2, -0.15) is 0 Å². The Labute approximate surface area is 87.2 Å². The van der Waals surface area contributed by atoms with Crippen molar-refractivity contribution in [2.24, 2.45) is 5.16 Å². The molecule has 1 aliphatic rings. The number of benzene rings is 1. The third-order valence-electron chi connectivity index (χ3n) is 2.38. The first kappa shape index (κ1) is 9.71. The second-order valence-corrected chi connectivity index (χ2v) is 3.30. The number of carbonyl (C=O) groups excluding carboxylic acids is 1. The molecule has 0 heterocycles. The molecule has 4 nitrogen and oxygen atoms in total. The molecule has 0 fully saturated rings. The van der Waals surface area contributed by atoms with Crippen LogP contribution in [0.3, 0.4) is 0 Å². The highest BCUT2D eigenvalue weighted by atomic mass is 16.5. The number of nitrogens with zero attached hydrogens (tertiary/aromatic N) is 1. The van der Waals surface area contributed by atoms with Gasteiger partial charge < -0.3 is 9.94 Å². The van der Waals surface area contributed by atoms with Crippen molar-refractivity contribution in [3.8, 4) is 5.75 Å². The van der Waals surface area contributed by atoms with Crippen LogP contribution in [0, 0.1) is 0 Å². The number of carbonyl (C=O) groups is 1. The lowest BCUT2D eigenvalue weighted by molar-refractivity contribution is 0.106. The molecule has 0 aromatic heterocycles. The van der Waals surface area contributed by atoms with E-state index in [0.717, 1.165) is 5.56 Å². The number of rotatable bonds is 2. The van der Waals surface area contributed by atoms with Crippen LogP contribution in [0.1, 0.15) is 22.8 Å². The van der Waals surface area contributed by atoms with Gasteiger partial charge in [-0.1, -0.05) is 11.2 Å². The molecule has 0 saturated carbocycles. The first-order valence-electron chi connectivity index (χ1n) is 4.77. The van der Waals surface area contributed by atoms with E-state index in [0.29, 0.717) is 24.3 Å². The first-order valence-corrected chi connectivity index (χ1v) is 4.77. The van der Waals surface area contributed by atoms with Gasteiger partial charge in [-0.15, -0.1) is 0 Å². The molecule has 1 aliphatic carbocycles. The summed E-state index contributed by atoms with van der Waals surface area (Å²) in [6.07, 6.45) is 0.400. The molecule has 78 valence electrons. The Hall–Kier alpha value is -1.84. The maximum absolute atomic E-state index is 11.6. The van der Waals surface area contributed by atoms with Gasteiger partial charge in [0, 0.05) is 12.0 Å². The molecule has 0 amide bonds. The van der Waals surface area contributed by atoms with E-state index in [1.54, 1.807) is 6.07 Å². The maximum Gasteiger partial charge on any atom is 0.211 e. The largest absolute Gasteiger partial charge is 0.494 e. The van der Waals surface area contributed by atoms with Crippen molar-refractivity contribution in [3.63, 3.8) is 0 Å². The van der Waals surface area contributed by atoms with Gasteiger partial charge in [0.15, 0.2) is 0 Å². The lowest BCUT2D eigenvalue weighted by Crippen LogP contribution is -2.07. The van der Waals surface area contributed by atoms with E-state index >= 15 is 0 Å². The monoisotopic (exact) mass is 205 g/mol. The molecular weight excluding hydrogens is 194 g/mol. The third-order valence-corrected chi connectivity index (χ3v) is 2.38. The molecular formula is C11H11NO3. The molecule has 0 radical (unpaired) electrons. The zero-order chi connectivity index (χ0) is 10.8. The Morgan fingerprint density at radius 2 is 2.33 bits per heavy atom. The normalized spacial score (nSPS) is 16.9. The maximum atomic E-state index is 11.6. The predicted molar refractivity (Wildman–Crippen MR) is 54.9 cm³/mol. The molecule has 1 aromatic rings. The van der Waals surface area contributed by atoms with Gasteiger partial charge in [0.05, 0.1) is 6.61 Å². The number of ketones is 1. The SMILES string of the molecule is CCOc1ccc2c(c1)C(=O)/C(=N\O)C2. The highest BCUT2D eigenvalue weighted by Gasteiger charge is 2.27. The zero-order valence-electron chi connectivity index (χ0n) is 8.36. The average molecular weight is 205 g/mol. The number of Topliss-reactive ketones (excluding diaryl/α,β-unsaturated/α-hetero) is 1. The Morgan fingerprint density at radius 1 is 1.53 bits per heavy atom. The third kappa shape index (κ3) is 1.58. The van der Waals surface area contributed by atoms with Gasteiger partial charge in [-0.25, -0.2) is 0 Å². The quantitative estimate of drug-likeness (QED) is 0.590. The van der Waals surface area contributed by atoms with E-state index in [9.17, 15) is 4.79 Å². The minimum atomic E-state index is -0.214. The summed E-state index contributed by atoms with van der Waals surface area (Å²) in [5.74, 6) is 0.456. The fraction of sp³-hybridized carbons (Fsp3) is 0.273. The Kier molecular flexibility index (Phi) is 2.41. The smallest absolute Gasteiger partial charge is 0.211 e. The molecule has 1 N–H and O–H groups in total. The molecule has 0 spiro atoms. The number of ether oxygens (including phenoxy) is 1. The fourth-order valence-electron chi connectivity index (χ4n) is 1.67. The molecule has 0 atom stereocenters. The van der Waals surface area contributed by atoms with Crippen molar-refractivity contribution in [3.05, 3.63) is 29.3 Å². The molecule has 0 aliphatic heterocycles. The van der Waals surface area contributed by atoms with E-state index in [1.165, 1.54) is 0 Å². The van der Waals surface area contributed by atoms with E-state index in [-0.39, 0.29) is 11.5 Å². The summed E-state index contributed by atoms with van der Waals surface area (Å²) < 4.78 is 5.29. The standard InChI is InChI=1S/C11H11NO3/c1-2-15-8-4-3-7-5-10(12-14)11(13)9(7)6-8/h3-4,6,14H,2,5H2,1H3/b12-10-. The minimum Gasteiger partial charge on any atom is -0.494 e. The van der Waals surface area contributed by atoms with Crippen LogP contribution in [0.25, 0.3) is 0 Å². The highest BCUT2D eigenvalue weighted by molar-refractivity contribution is 6.49. The van der Waals surface area contributed by atoms with Crippen molar-refractivity contribution >= 4 is 11.5 Å². The first-order chi connectivity index (χ1) is 7.26. The van der Waals surface area contributed by atoms with Crippen molar-refractivity contribution in [1.29, 1.82) is 0 Å². The number of hydrogen-bond acceptors (Lipinski definition) is 4. The Morgan fingerprint density at radius 3 is 3.00 bits per heavy atom. The second kappa shape index (κ2) is 3.73. The van der Waals surface area contributed by atoms with Gasteiger partial charge in [0.2, 0.25) is 5.78 Å². The van der Waals surface area contributed by atoms with E-state index < -0.39 is 0 Å². The van der Waals surface area contributed by atoms with Crippen LogP contribution in [0.2, 0.25) is 0 Å². The Balaban J connectivity index is 2.40. The van der Waals surface area contributed by atoms with Crippen LogP contribution in [-0.4, -0.2) is 23.3 Å². The van der Waals surface area contributed by atoms with Crippen LogP contribution >= 0.6 is 0 Å². The lowest BCUT2D eigenvalue weighted by atomic mass is 10.1. The van der Waals surface area contributed by atoms with Gasteiger partial charge in [0.1, 0.15) is 11.5 Å². The van der Waals surface area contributed by atoms with Crippen molar-refractivity contribution in [2.75, 3.05) is 6.61 Å². The summed E-state index contributed by atoms with van der Waals surface area (Å²) in [4.78, 5) is 11.6. The van der Waals surface area contributed by atoms with E-state index in [2.05, 4.69) is 5.16 Å².